The molecule has 1 unspecified atom stereocenters. The Morgan fingerprint density at radius 1 is 1.32 bits per heavy atom. The molecule has 0 fully saturated rings. The first kappa shape index (κ1) is 18.5. The van der Waals surface area contributed by atoms with E-state index in [2.05, 4.69) is 46.8 Å². The molecular weight excluding hydrogens is 391 g/mol. The third-order valence-corrected chi connectivity index (χ3v) is 3.28. The number of nitrogens with one attached hydrogen (secondary N) is 2. The minimum absolute atomic E-state index is 0. The van der Waals surface area contributed by atoms with Crippen molar-refractivity contribution in [3.05, 3.63) is 53.4 Å². The standard InChI is InChI=1S/C16H22N4O.HI/c1-4-14-10-15(21-20-14)11-18-16(17-3)19-12(2)13-8-6-5-7-9-13;/h5-10,12H,4,11H2,1-3H3,(H2,17,18,19);1H. The van der Waals surface area contributed by atoms with Crippen LogP contribution in [-0.4, -0.2) is 18.2 Å². The highest BCUT2D eigenvalue weighted by atomic mass is 127. The molecule has 5 nitrogen and oxygen atoms in total. The summed E-state index contributed by atoms with van der Waals surface area (Å²) in [5, 5.41) is 10.6. The van der Waals surface area contributed by atoms with Crippen LogP contribution in [0, 0.1) is 0 Å². The van der Waals surface area contributed by atoms with Gasteiger partial charge in [-0.2, -0.15) is 0 Å². The average molecular weight is 414 g/mol. The van der Waals surface area contributed by atoms with E-state index in [0.717, 1.165) is 23.8 Å². The maximum absolute atomic E-state index is 5.24. The number of rotatable bonds is 5. The van der Waals surface area contributed by atoms with Crippen molar-refractivity contribution in [2.75, 3.05) is 7.05 Å². The van der Waals surface area contributed by atoms with Crippen LogP contribution in [0.4, 0.5) is 0 Å². The van der Waals surface area contributed by atoms with Gasteiger partial charge in [-0.25, -0.2) is 0 Å². The van der Waals surface area contributed by atoms with E-state index < -0.39 is 0 Å². The zero-order valence-electron chi connectivity index (χ0n) is 13.2. The lowest BCUT2D eigenvalue weighted by atomic mass is 10.1. The van der Waals surface area contributed by atoms with Crippen LogP contribution in [0.2, 0.25) is 0 Å². The predicted octanol–water partition coefficient (Wildman–Crippen LogP) is 3.28. The summed E-state index contributed by atoms with van der Waals surface area (Å²) in [4.78, 5) is 4.23. The summed E-state index contributed by atoms with van der Waals surface area (Å²) in [5.41, 5.74) is 2.18. The van der Waals surface area contributed by atoms with Gasteiger partial charge in [-0.15, -0.1) is 24.0 Å². The Bertz CT molecular complexity index is 583. The number of hydrogen-bond donors (Lipinski definition) is 2. The second-order valence-corrected chi connectivity index (χ2v) is 4.84. The van der Waals surface area contributed by atoms with Crippen LogP contribution >= 0.6 is 24.0 Å². The van der Waals surface area contributed by atoms with E-state index >= 15 is 0 Å². The van der Waals surface area contributed by atoms with Gasteiger partial charge in [0.15, 0.2) is 11.7 Å². The van der Waals surface area contributed by atoms with Crippen LogP contribution < -0.4 is 10.6 Å². The molecule has 0 radical (unpaired) electrons. The summed E-state index contributed by atoms with van der Waals surface area (Å²) in [6.07, 6.45) is 0.877. The molecule has 0 bridgehead atoms. The Hall–Kier alpha value is -1.57. The van der Waals surface area contributed by atoms with E-state index in [1.165, 1.54) is 5.56 Å². The van der Waals surface area contributed by atoms with Crippen molar-refractivity contribution < 1.29 is 4.52 Å². The molecule has 0 aliphatic heterocycles. The minimum Gasteiger partial charge on any atom is -0.359 e. The fourth-order valence-corrected chi connectivity index (χ4v) is 2.00. The van der Waals surface area contributed by atoms with Crippen molar-refractivity contribution in [2.24, 2.45) is 4.99 Å². The molecule has 1 aromatic heterocycles. The van der Waals surface area contributed by atoms with Gasteiger partial charge in [0.05, 0.1) is 18.3 Å². The van der Waals surface area contributed by atoms with Crippen LogP contribution in [0.3, 0.4) is 0 Å². The molecule has 2 rings (SSSR count). The number of guanidine groups is 1. The lowest BCUT2D eigenvalue weighted by Crippen LogP contribution is -2.38. The fourth-order valence-electron chi connectivity index (χ4n) is 2.00. The maximum Gasteiger partial charge on any atom is 0.191 e. The van der Waals surface area contributed by atoms with Gasteiger partial charge in [-0.05, 0) is 18.9 Å². The van der Waals surface area contributed by atoms with Crippen LogP contribution in [-0.2, 0) is 13.0 Å². The number of aryl methyl sites for hydroxylation is 1. The highest BCUT2D eigenvalue weighted by molar-refractivity contribution is 14.0. The van der Waals surface area contributed by atoms with E-state index in [1.54, 1.807) is 7.05 Å². The zero-order chi connectivity index (χ0) is 15.1. The predicted molar refractivity (Wildman–Crippen MR) is 99.5 cm³/mol. The zero-order valence-corrected chi connectivity index (χ0v) is 15.5. The number of nitrogens with zero attached hydrogens (tertiary/aromatic N) is 2. The number of benzene rings is 1. The van der Waals surface area contributed by atoms with Crippen molar-refractivity contribution in [3.8, 4) is 0 Å². The molecule has 6 heteroatoms. The Labute approximate surface area is 148 Å². The van der Waals surface area contributed by atoms with E-state index in [9.17, 15) is 0 Å². The monoisotopic (exact) mass is 414 g/mol. The number of hydrogen-bond acceptors (Lipinski definition) is 3. The third kappa shape index (κ3) is 5.32. The average Bonchev–Trinajstić information content (AvgIpc) is 3.00. The first-order valence-electron chi connectivity index (χ1n) is 7.19. The lowest BCUT2D eigenvalue weighted by molar-refractivity contribution is 0.374. The molecule has 2 N–H and O–H groups in total. The van der Waals surface area contributed by atoms with Crippen LogP contribution in [0.25, 0.3) is 0 Å². The molecule has 1 heterocycles. The number of aromatic nitrogens is 1. The van der Waals surface area contributed by atoms with E-state index in [0.29, 0.717) is 6.54 Å². The van der Waals surface area contributed by atoms with Crippen LogP contribution in [0.5, 0.6) is 0 Å². The molecule has 22 heavy (non-hydrogen) atoms. The Kier molecular flexibility index (Phi) is 7.94. The van der Waals surface area contributed by atoms with E-state index in [4.69, 9.17) is 4.52 Å². The van der Waals surface area contributed by atoms with Crippen LogP contribution in [0.1, 0.15) is 36.9 Å². The van der Waals surface area contributed by atoms with Gasteiger partial charge in [0.2, 0.25) is 0 Å². The summed E-state index contributed by atoms with van der Waals surface area (Å²) in [6, 6.07) is 12.4. The van der Waals surface area contributed by atoms with Gasteiger partial charge in [0.25, 0.3) is 0 Å². The van der Waals surface area contributed by atoms with Gasteiger partial charge in [0, 0.05) is 13.1 Å². The SMILES string of the molecule is CCc1cc(CNC(=NC)NC(C)c2ccccc2)on1.I. The van der Waals surface area contributed by atoms with Gasteiger partial charge >= 0.3 is 0 Å². The topological polar surface area (TPSA) is 62.5 Å². The molecule has 1 atom stereocenters. The maximum atomic E-state index is 5.24. The second-order valence-electron chi connectivity index (χ2n) is 4.84. The van der Waals surface area contributed by atoms with Crippen molar-refractivity contribution in [1.82, 2.24) is 15.8 Å². The fraction of sp³-hybridized carbons (Fsp3) is 0.375. The quantitative estimate of drug-likeness (QED) is 0.448. The molecular formula is C16H23IN4O. The molecule has 0 amide bonds. The molecule has 1 aromatic carbocycles. The Morgan fingerprint density at radius 3 is 2.64 bits per heavy atom. The highest BCUT2D eigenvalue weighted by Gasteiger charge is 2.08. The summed E-state index contributed by atoms with van der Waals surface area (Å²) in [7, 11) is 1.75. The number of aliphatic imine (C=N–C) groups is 1. The molecule has 2 aromatic rings. The summed E-state index contributed by atoms with van der Waals surface area (Å²) < 4.78 is 5.24. The van der Waals surface area contributed by atoms with Crippen molar-refractivity contribution in [3.63, 3.8) is 0 Å². The van der Waals surface area contributed by atoms with Gasteiger partial charge in [-0.3, -0.25) is 4.99 Å². The highest BCUT2D eigenvalue weighted by Crippen LogP contribution is 2.10. The Balaban J connectivity index is 0.00000242. The van der Waals surface area contributed by atoms with Gasteiger partial charge in [0.1, 0.15) is 0 Å². The molecule has 120 valence electrons. The lowest BCUT2D eigenvalue weighted by Gasteiger charge is -2.17. The summed E-state index contributed by atoms with van der Waals surface area (Å²) in [5.74, 6) is 1.54. The summed E-state index contributed by atoms with van der Waals surface area (Å²) >= 11 is 0. The Morgan fingerprint density at radius 2 is 2.05 bits per heavy atom. The minimum atomic E-state index is 0. The molecule has 0 spiro atoms. The van der Waals surface area contributed by atoms with Crippen LogP contribution in [0.15, 0.2) is 45.9 Å². The summed E-state index contributed by atoms with van der Waals surface area (Å²) in [6.45, 7) is 4.72. The molecule has 0 aliphatic rings. The number of halogens is 1. The third-order valence-electron chi connectivity index (χ3n) is 3.28. The van der Waals surface area contributed by atoms with Crippen molar-refractivity contribution in [2.45, 2.75) is 32.9 Å². The molecule has 0 saturated heterocycles. The van der Waals surface area contributed by atoms with E-state index in [-0.39, 0.29) is 30.0 Å². The van der Waals surface area contributed by atoms with Crippen molar-refractivity contribution >= 4 is 29.9 Å². The van der Waals surface area contributed by atoms with Gasteiger partial charge in [-0.1, -0.05) is 42.4 Å². The second kappa shape index (κ2) is 9.45. The molecule has 0 saturated carbocycles. The molecule has 0 aliphatic carbocycles. The first-order valence-corrected chi connectivity index (χ1v) is 7.19. The van der Waals surface area contributed by atoms with Crippen molar-refractivity contribution in [1.29, 1.82) is 0 Å². The van der Waals surface area contributed by atoms with Gasteiger partial charge < -0.3 is 15.2 Å². The normalized spacial score (nSPS) is 12.4. The van der Waals surface area contributed by atoms with E-state index in [1.807, 2.05) is 24.3 Å². The first-order chi connectivity index (χ1) is 10.2. The smallest absolute Gasteiger partial charge is 0.191 e. The largest absolute Gasteiger partial charge is 0.359 e.